The van der Waals surface area contributed by atoms with Crippen LogP contribution < -0.4 is 5.73 Å². The first-order valence-electron chi connectivity index (χ1n) is 8.19. The molecule has 0 atom stereocenters. The molecule has 2 amide bonds. The summed E-state index contributed by atoms with van der Waals surface area (Å²) in [5, 5.41) is 4.03. The number of fused-ring (bicyclic) bond motifs is 1. The van der Waals surface area contributed by atoms with Crippen LogP contribution in [0.3, 0.4) is 0 Å². The fraction of sp³-hybridized carbons (Fsp3) is 0.600. The average Bonchev–Trinajstić information content (AvgIpc) is 3.26. The van der Waals surface area contributed by atoms with Crippen molar-refractivity contribution in [2.75, 3.05) is 27.2 Å². The van der Waals surface area contributed by atoms with Crippen LogP contribution in [0.25, 0.3) is 0 Å². The van der Waals surface area contributed by atoms with Crippen LogP contribution in [-0.2, 0) is 23.5 Å². The molecule has 0 aromatic carbocycles. The van der Waals surface area contributed by atoms with Gasteiger partial charge in [-0.15, -0.1) is 0 Å². The molecule has 0 spiro atoms. The number of sulfonamides is 1. The van der Waals surface area contributed by atoms with Gasteiger partial charge >= 0.3 is 0 Å². The van der Waals surface area contributed by atoms with E-state index in [4.69, 9.17) is 5.73 Å². The second-order valence-electron chi connectivity index (χ2n) is 6.98. The third-order valence-electron chi connectivity index (χ3n) is 4.75. The first-order valence-corrected chi connectivity index (χ1v) is 9.63. The minimum atomic E-state index is -3.72. The Hall–Kier alpha value is -2.43. The summed E-state index contributed by atoms with van der Waals surface area (Å²) in [6, 6.07) is 0. The zero-order valence-corrected chi connectivity index (χ0v) is 15.8. The molecule has 2 aliphatic rings. The van der Waals surface area contributed by atoms with Crippen LogP contribution in [0.15, 0.2) is 4.40 Å². The number of primary amides is 1. The number of amides is 2. The fourth-order valence-electron chi connectivity index (χ4n) is 3.17. The molecular formula is C15H22N6O4S. The van der Waals surface area contributed by atoms with Crippen molar-refractivity contribution in [2.24, 2.45) is 17.2 Å². The number of carbonyl (C=O) groups excluding carboxylic acids is 2. The molecule has 0 bridgehead atoms. The van der Waals surface area contributed by atoms with Gasteiger partial charge in [0.1, 0.15) is 16.8 Å². The molecule has 1 saturated carbocycles. The topological polar surface area (TPSA) is 131 Å². The summed E-state index contributed by atoms with van der Waals surface area (Å²) in [6.07, 6.45) is 2.60. The summed E-state index contributed by atoms with van der Waals surface area (Å²) in [5.74, 6) is -1.02. The van der Waals surface area contributed by atoms with Crippen molar-refractivity contribution in [3.63, 3.8) is 0 Å². The number of nitrogens with zero attached hydrogens (tertiary/aromatic N) is 5. The molecule has 2 N–H and O–H groups in total. The fourth-order valence-corrected chi connectivity index (χ4v) is 4.65. The number of rotatable bonds is 6. The molecule has 1 aromatic rings. The van der Waals surface area contributed by atoms with Gasteiger partial charge in [0.15, 0.2) is 5.69 Å². The molecule has 0 unspecified atom stereocenters. The molecule has 26 heavy (non-hydrogen) atoms. The third kappa shape index (κ3) is 2.96. The van der Waals surface area contributed by atoms with Gasteiger partial charge in [-0.3, -0.25) is 14.3 Å². The molecule has 1 fully saturated rings. The van der Waals surface area contributed by atoms with E-state index in [0.29, 0.717) is 31.4 Å². The largest absolute Gasteiger partial charge is 0.368 e. The van der Waals surface area contributed by atoms with E-state index in [1.165, 1.54) is 15.9 Å². The lowest BCUT2D eigenvalue weighted by molar-refractivity contribution is 0.0724. The second-order valence-corrected chi connectivity index (χ2v) is 9.01. The number of aryl methyl sites for hydroxylation is 1. The van der Waals surface area contributed by atoms with Crippen molar-refractivity contribution in [1.29, 1.82) is 0 Å². The Morgan fingerprint density at radius 2 is 2.08 bits per heavy atom. The summed E-state index contributed by atoms with van der Waals surface area (Å²) in [7, 11) is 1.22. The van der Waals surface area contributed by atoms with E-state index in [1.54, 1.807) is 26.0 Å². The van der Waals surface area contributed by atoms with E-state index < -0.39 is 20.7 Å². The number of hydrogen-bond acceptors (Lipinski definition) is 5. The van der Waals surface area contributed by atoms with Gasteiger partial charge in [-0.05, 0) is 19.3 Å². The highest BCUT2D eigenvalue weighted by molar-refractivity contribution is 7.92. The Bertz CT molecular complexity index is 897. The summed E-state index contributed by atoms with van der Waals surface area (Å²) in [6.45, 7) is 0.391. The average molecular weight is 382 g/mol. The van der Waals surface area contributed by atoms with E-state index >= 15 is 0 Å². The minimum absolute atomic E-state index is 0.0788. The smallest absolute Gasteiger partial charge is 0.272 e. The van der Waals surface area contributed by atoms with Gasteiger partial charge < -0.3 is 15.5 Å². The number of carbonyl (C=O) groups is 2. The maximum atomic E-state index is 12.8. The van der Waals surface area contributed by atoms with Gasteiger partial charge in [-0.25, -0.2) is 8.42 Å². The van der Waals surface area contributed by atoms with Crippen LogP contribution in [0.5, 0.6) is 0 Å². The molecule has 0 saturated heterocycles. The molecule has 2 heterocycles. The molecule has 11 heteroatoms. The Kier molecular flexibility index (Phi) is 4.29. The first-order chi connectivity index (χ1) is 12.1. The summed E-state index contributed by atoms with van der Waals surface area (Å²) in [5.41, 5.74) is 6.23. The van der Waals surface area contributed by atoms with E-state index in [-0.39, 0.29) is 23.8 Å². The van der Waals surface area contributed by atoms with Crippen molar-refractivity contribution in [3.05, 3.63) is 17.0 Å². The number of aromatic nitrogens is 2. The van der Waals surface area contributed by atoms with Crippen molar-refractivity contribution < 1.29 is 18.0 Å². The van der Waals surface area contributed by atoms with E-state index in [1.807, 2.05) is 0 Å². The van der Waals surface area contributed by atoms with E-state index in [9.17, 15) is 18.0 Å². The highest BCUT2D eigenvalue weighted by Crippen LogP contribution is 2.45. The lowest BCUT2D eigenvalue weighted by Gasteiger charge is -2.30. The minimum Gasteiger partial charge on any atom is -0.368 e. The SMILES string of the molecule is CN(C)C=NS(=O)(=O)C1(CN2CCc3c(C(N)=O)nn(C)c3C2=O)CC1. The maximum absolute atomic E-state index is 12.8. The lowest BCUT2D eigenvalue weighted by atomic mass is 10.0. The Balaban J connectivity index is 1.85. The highest BCUT2D eigenvalue weighted by Gasteiger charge is 2.56. The predicted octanol–water partition coefficient (Wildman–Crippen LogP) is -1.03. The maximum Gasteiger partial charge on any atom is 0.272 e. The van der Waals surface area contributed by atoms with Gasteiger partial charge in [0.25, 0.3) is 21.8 Å². The monoisotopic (exact) mass is 382 g/mol. The van der Waals surface area contributed by atoms with Crippen LogP contribution in [-0.4, -0.2) is 78.1 Å². The Morgan fingerprint density at radius 1 is 1.42 bits per heavy atom. The second kappa shape index (κ2) is 6.08. The van der Waals surface area contributed by atoms with E-state index in [2.05, 4.69) is 9.50 Å². The Morgan fingerprint density at radius 3 is 2.62 bits per heavy atom. The molecular weight excluding hydrogens is 360 g/mol. The van der Waals surface area contributed by atoms with Crippen molar-refractivity contribution in [1.82, 2.24) is 19.6 Å². The zero-order valence-electron chi connectivity index (χ0n) is 15.0. The Labute approximate surface area is 151 Å². The van der Waals surface area contributed by atoms with Crippen LogP contribution in [0.4, 0.5) is 0 Å². The van der Waals surface area contributed by atoms with Gasteiger partial charge in [0.2, 0.25) is 0 Å². The van der Waals surface area contributed by atoms with Crippen LogP contribution in [0.1, 0.15) is 39.4 Å². The summed E-state index contributed by atoms with van der Waals surface area (Å²) >= 11 is 0. The van der Waals surface area contributed by atoms with Gasteiger partial charge in [0.05, 0.1) is 0 Å². The quantitative estimate of drug-likeness (QED) is 0.494. The standard InChI is InChI=1S/C15H22N6O4S/c1-19(2)9-17-26(24,25)15(5-6-15)8-21-7-4-10-11(13(16)22)18-20(3)12(10)14(21)23/h9H,4-8H2,1-3H3,(H2,16,22). The van der Waals surface area contributed by atoms with E-state index in [0.717, 1.165) is 0 Å². The molecule has 0 radical (unpaired) electrons. The molecule has 1 aliphatic carbocycles. The summed E-state index contributed by atoms with van der Waals surface area (Å²) in [4.78, 5) is 27.4. The molecule has 142 valence electrons. The first kappa shape index (κ1) is 18.4. The molecule has 10 nitrogen and oxygen atoms in total. The van der Waals surface area contributed by atoms with Crippen LogP contribution in [0, 0.1) is 0 Å². The highest BCUT2D eigenvalue weighted by atomic mass is 32.2. The van der Waals surface area contributed by atoms with Crippen molar-refractivity contribution >= 4 is 28.2 Å². The molecule has 1 aromatic heterocycles. The van der Waals surface area contributed by atoms with Gasteiger partial charge in [-0.1, -0.05) is 0 Å². The lowest BCUT2D eigenvalue weighted by Crippen LogP contribution is -2.45. The van der Waals surface area contributed by atoms with Crippen LogP contribution >= 0.6 is 0 Å². The van der Waals surface area contributed by atoms with Crippen LogP contribution in [0.2, 0.25) is 0 Å². The number of nitrogens with two attached hydrogens (primary N) is 1. The van der Waals surface area contributed by atoms with Crippen molar-refractivity contribution in [2.45, 2.75) is 24.0 Å². The van der Waals surface area contributed by atoms with Gasteiger partial charge in [-0.2, -0.15) is 9.50 Å². The summed E-state index contributed by atoms with van der Waals surface area (Å²) < 4.78 is 29.2. The van der Waals surface area contributed by atoms with Crippen molar-refractivity contribution in [3.8, 4) is 0 Å². The molecule has 1 aliphatic heterocycles. The number of hydrogen-bond donors (Lipinski definition) is 1. The predicted molar refractivity (Wildman–Crippen MR) is 94.4 cm³/mol. The molecule has 3 rings (SSSR count). The zero-order chi connectivity index (χ0) is 19.3. The normalized spacial score (nSPS) is 18.9. The third-order valence-corrected chi connectivity index (χ3v) is 6.75. The van der Waals surface area contributed by atoms with Gasteiger partial charge in [0, 0.05) is 39.8 Å².